The Morgan fingerprint density at radius 1 is 0.571 bits per heavy atom. The van der Waals surface area contributed by atoms with Crippen LogP contribution in [0.1, 0.15) is 30.0 Å². The van der Waals surface area contributed by atoms with Crippen molar-refractivity contribution < 1.29 is 22.0 Å². The Morgan fingerprint density at radius 2 is 1.04 bits per heavy atom. The van der Waals surface area contributed by atoms with Gasteiger partial charge in [0, 0.05) is 0 Å². The van der Waals surface area contributed by atoms with Gasteiger partial charge < -0.3 is 0 Å². The van der Waals surface area contributed by atoms with Crippen LogP contribution < -0.4 is 0 Å². The number of aryl methyl sites for hydroxylation is 3. The van der Waals surface area contributed by atoms with Gasteiger partial charge in [-0.1, -0.05) is 37.6 Å². The highest BCUT2D eigenvalue weighted by atomic mass is 19.2. The van der Waals surface area contributed by atoms with Crippen molar-refractivity contribution in [1.82, 2.24) is 0 Å². The maximum atomic E-state index is 14.4. The van der Waals surface area contributed by atoms with Crippen LogP contribution in [0.4, 0.5) is 22.0 Å². The van der Waals surface area contributed by atoms with Gasteiger partial charge in [0.05, 0.1) is 5.56 Å². The summed E-state index contributed by atoms with van der Waals surface area (Å²) in [4.78, 5) is 0. The minimum Gasteiger partial charge on any atom is -0.206 e. The van der Waals surface area contributed by atoms with E-state index in [-0.39, 0.29) is 5.56 Å². The molecule has 0 saturated heterocycles. The van der Waals surface area contributed by atoms with Crippen molar-refractivity contribution in [3.63, 3.8) is 0 Å². The third-order valence-corrected chi connectivity index (χ3v) is 4.64. The van der Waals surface area contributed by atoms with Crippen molar-refractivity contribution in [1.29, 1.82) is 0 Å². The largest absolute Gasteiger partial charge is 0.206 e. The van der Waals surface area contributed by atoms with E-state index in [1.807, 2.05) is 24.3 Å². The number of halogens is 5. The van der Waals surface area contributed by atoms with Crippen molar-refractivity contribution in [2.45, 2.75) is 32.6 Å². The van der Waals surface area contributed by atoms with E-state index in [0.29, 0.717) is 30.5 Å². The van der Waals surface area contributed by atoms with E-state index >= 15 is 0 Å². The molecule has 0 fully saturated rings. The van der Waals surface area contributed by atoms with Crippen LogP contribution in [0.15, 0.2) is 48.5 Å². The first kappa shape index (κ1) is 20.1. The first-order chi connectivity index (χ1) is 13.4. The summed E-state index contributed by atoms with van der Waals surface area (Å²) in [5, 5.41) is 0. The van der Waals surface area contributed by atoms with E-state index in [0.717, 1.165) is 30.5 Å². The zero-order valence-electron chi connectivity index (χ0n) is 15.3. The van der Waals surface area contributed by atoms with Gasteiger partial charge in [-0.2, -0.15) is 0 Å². The van der Waals surface area contributed by atoms with Gasteiger partial charge in [-0.05, 0) is 65.8 Å². The van der Waals surface area contributed by atoms with Gasteiger partial charge >= 0.3 is 0 Å². The third kappa shape index (κ3) is 4.41. The molecule has 0 N–H and O–H groups in total. The van der Waals surface area contributed by atoms with Gasteiger partial charge in [0.25, 0.3) is 0 Å². The lowest BCUT2D eigenvalue weighted by Gasteiger charge is -2.10. The molecule has 0 bridgehead atoms. The monoisotopic (exact) mass is 390 g/mol. The summed E-state index contributed by atoms with van der Waals surface area (Å²) in [6, 6.07) is 11.5. The fourth-order valence-electron chi connectivity index (χ4n) is 3.20. The minimum atomic E-state index is -1.67. The topological polar surface area (TPSA) is 0 Å². The van der Waals surface area contributed by atoms with Crippen molar-refractivity contribution >= 4 is 0 Å². The van der Waals surface area contributed by atoms with Gasteiger partial charge in [0.15, 0.2) is 17.5 Å². The normalized spacial score (nSPS) is 11.1. The standard InChI is InChI=1S/C23H19F5/c1-2-3-14-4-6-15(7-5-14)8-9-16-10-18(24)22(19(25)11-16)17-12-20(26)23(28)21(27)13-17/h4-7,10-13H,2-3,8-9H2,1H3. The number of benzene rings is 3. The maximum absolute atomic E-state index is 14.4. The van der Waals surface area contributed by atoms with Crippen molar-refractivity contribution in [2.75, 3.05) is 0 Å². The molecule has 0 saturated carbocycles. The second-order valence-electron chi connectivity index (χ2n) is 6.75. The molecule has 0 aliphatic heterocycles. The molecular weight excluding hydrogens is 371 g/mol. The zero-order valence-corrected chi connectivity index (χ0v) is 15.3. The Labute approximate surface area is 160 Å². The first-order valence-corrected chi connectivity index (χ1v) is 9.09. The van der Waals surface area contributed by atoms with E-state index in [9.17, 15) is 22.0 Å². The second kappa shape index (κ2) is 8.55. The van der Waals surface area contributed by atoms with Gasteiger partial charge in [-0.25, -0.2) is 22.0 Å². The van der Waals surface area contributed by atoms with E-state index in [1.54, 1.807) is 0 Å². The Balaban J connectivity index is 1.80. The van der Waals surface area contributed by atoms with E-state index < -0.39 is 34.6 Å². The highest BCUT2D eigenvalue weighted by molar-refractivity contribution is 5.65. The molecule has 146 valence electrons. The molecule has 3 rings (SSSR count). The zero-order chi connectivity index (χ0) is 20.3. The third-order valence-electron chi connectivity index (χ3n) is 4.64. The van der Waals surface area contributed by atoms with Crippen LogP contribution in [-0.2, 0) is 19.3 Å². The van der Waals surface area contributed by atoms with E-state index in [4.69, 9.17) is 0 Å². The summed E-state index contributed by atoms with van der Waals surface area (Å²) in [6.07, 6.45) is 3.08. The molecule has 5 heteroatoms. The number of rotatable bonds is 6. The van der Waals surface area contributed by atoms with Crippen LogP contribution in [0, 0.1) is 29.1 Å². The van der Waals surface area contributed by atoms with Crippen molar-refractivity contribution in [3.05, 3.63) is 94.3 Å². The smallest absolute Gasteiger partial charge is 0.194 e. The molecule has 0 aliphatic carbocycles. The lowest BCUT2D eigenvalue weighted by molar-refractivity contribution is 0.447. The lowest BCUT2D eigenvalue weighted by Crippen LogP contribution is -1.99. The Hall–Kier alpha value is -2.69. The molecule has 0 spiro atoms. The van der Waals surface area contributed by atoms with Crippen molar-refractivity contribution in [2.24, 2.45) is 0 Å². The van der Waals surface area contributed by atoms with Gasteiger partial charge in [0.2, 0.25) is 0 Å². The molecule has 0 radical (unpaired) electrons. The summed E-state index contributed by atoms with van der Waals surface area (Å²) >= 11 is 0. The quantitative estimate of drug-likeness (QED) is 0.321. The van der Waals surface area contributed by atoms with Crippen LogP contribution >= 0.6 is 0 Å². The average Bonchev–Trinajstić information content (AvgIpc) is 2.65. The molecular formula is C23H19F5. The summed E-state index contributed by atoms with van der Waals surface area (Å²) < 4.78 is 68.8. The highest BCUT2D eigenvalue weighted by Gasteiger charge is 2.18. The molecule has 3 aromatic rings. The number of hydrogen-bond acceptors (Lipinski definition) is 0. The summed E-state index contributed by atoms with van der Waals surface area (Å²) in [7, 11) is 0. The highest BCUT2D eigenvalue weighted by Crippen LogP contribution is 2.30. The SMILES string of the molecule is CCCc1ccc(CCc2cc(F)c(-c3cc(F)c(F)c(F)c3)c(F)c2)cc1. The van der Waals surface area contributed by atoms with Gasteiger partial charge in [0.1, 0.15) is 11.6 Å². The molecule has 0 amide bonds. The number of hydrogen-bond donors (Lipinski definition) is 0. The molecule has 0 aromatic heterocycles. The fraction of sp³-hybridized carbons (Fsp3) is 0.217. The Bertz CT molecular complexity index is 931. The molecule has 0 aliphatic rings. The van der Waals surface area contributed by atoms with Crippen LogP contribution in [-0.4, -0.2) is 0 Å². The Kier molecular flexibility index (Phi) is 6.12. The molecule has 28 heavy (non-hydrogen) atoms. The predicted octanol–water partition coefficient (Wildman–Crippen LogP) is 6.79. The Morgan fingerprint density at radius 3 is 1.54 bits per heavy atom. The van der Waals surface area contributed by atoms with Gasteiger partial charge in [-0.15, -0.1) is 0 Å². The molecule has 0 unspecified atom stereocenters. The summed E-state index contributed by atoms with van der Waals surface area (Å²) in [5.74, 6) is -6.56. The summed E-state index contributed by atoms with van der Waals surface area (Å²) in [5.41, 5.74) is 1.76. The average molecular weight is 390 g/mol. The van der Waals surface area contributed by atoms with Crippen LogP contribution in [0.2, 0.25) is 0 Å². The minimum absolute atomic E-state index is 0.385. The van der Waals surface area contributed by atoms with Gasteiger partial charge in [-0.3, -0.25) is 0 Å². The van der Waals surface area contributed by atoms with E-state index in [2.05, 4.69) is 6.92 Å². The second-order valence-corrected chi connectivity index (χ2v) is 6.75. The van der Waals surface area contributed by atoms with Crippen LogP contribution in [0.5, 0.6) is 0 Å². The fourth-order valence-corrected chi connectivity index (χ4v) is 3.20. The first-order valence-electron chi connectivity index (χ1n) is 9.09. The van der Waals surface area contributed by atoms with Crippen molar-refractivity contribution in [3.8, 4) is 11.1 Å². The lowest BCUT2D eigenvalue weighted by atomic mass is 9.98. The predicted molar refractivity (Wildman–Crippen MR) is 99.5 cm³/mol. The maximum Gasteiger partial charge on any atom is 0.194 e. The molecule has 3 aromatic carbocycles. The molecule has 0 atom stereocenters. The van der Waals surface area contributed by atoms with Crippen LogP contribution in [0.25, 0.3) is 11.1 Å². The molecule has 0 nitrogen and oxygen atoms in total. The van der Waals surface area contributed by atoms with Crippen LogP contribution in [0.3, 0.4) is 0 Å². The molecule has 0 heterocycles. The summed E-state index contributed by atoms with van der Waals surface area (Å²) in [6.45, 7) is 2.11. The van der Waals surface area contributed by atoms with E-state index in [1.165, 1.54) is 5.56 Å².